The summed E-state index contributed by atoms with van der Waals surface area (Å²) >= 11 is 0. The van der Waals surface area contributed by atoms with E-state index in [9.17, 15) is 28.8 Å². The van der Waals surface area contributed by atoms with Crippen LogP contribution < -0.4 is 15.5 Å². The lowest BCUT2D eigenvalue weighted by molar-refractivity contribution is -0.138. The van der Waals surface area contributed by atoms with Crippen LogP contribution in [-0.2, 0) is 28.7 Å². The molecule has 46 heavy (non-hydrogen) atoms. The van der Waals surface area contributed by atoms with E-state index in [1.165, 1.54) is 6.42 Å². The number of likely N-dealkylation sites (tertiary alicyclic amines) is 1. The fourth-order valence-corrected chi connectivity index (χ4v) is 6.31. The van der Waals surface area contributed by atoms with Crippen LogP contribution in [0.3, 0.4) is 0 Å². The van der Waals surface area contributed by atoms with Gasteiger partial charge in [0.2, 0.25) is 23.6 Å². The second kappa shape index (κ2) is 16.1. The van der Waals surface area contributed by atoms with Crippen LogP contribution in [0.4, 0.5) is 5.69 Å². The Bertz CT molecular complexity index is 1310. The molecule has 1 aromatic carbocycles. The Hall–Kier alpha value is -3.88. The predicted molar refractivity (Wildman–Crippen MR) is 166 cm³/mol. The van der Waals surface area contributed by atoms with Crippen molar-refractivity contribution in [2.45, 2.75) is 51.0 Å². The monoisotopic (exact) mass is 640 g/mol. The van der Waals surface area contributed by atoms with Gasteiger partial charge in [-0.05, 0) is 56.8 Å². The molecule has 14 heteroatoms. The van der Waals surface area contributed by atoms with Gasteiger partial charge in [0.15, 0.2) is 0 Å². The number of carbonyl (C=O) groups is 6. The molecule has 5 rings (SSSR count). The quantitative estimate of drug-likeness (QED) is 0.212. The lowest BCUT2D eigenvalue weighted by Crippen LogP contribution is -2.54. The highest BCUT2D eigenvalue weighted by Gasteiger charge is 2.44. The standard InChI is InChI=1S/C32H44N6O8/c39-27(33-10-18-45-19-20-46-22-29(41)37-12-2-1-3-13-37)5-4-11-35-14-16-36(17-15-35)23-6-7-24-25(21-23)32(44)38(31(24)43)26-8-9-28(40)34-30(26)42/h6-7,21,26H,1-5,8-20,22H2,(H,33,39)(H,34,40,42). The lowest BCUT2D eigenvalue weighted by atomic mass is 10.0. The maximum Gasteiger partial charge on any atom is 0.262 e. The van der Waals surface area contributed by atoms with Crippen molar-refractivity contribution in [3.63, 3.8) is 0 Å². The summed E-state index contributed by atoms with van der Waals surface area (Å²) in [5, 5.41) is 5.09. The minimum Gasteiger partial charge on any atom is -0.377 e. The summed E-state index contributed by atoms with van der Waals surface area (Å²) in [5.41, 5.74) is 1.38. The Labute approximate surface area is 268 Å². The van der Waals surface area contributed by atoms with Gasteiger partial charge in [0.1, 0.15) is 12.6 Å². The van der Waals surface area contributed by atoms with Gasteiger partial charge < -0.3 is 24.6 Å². The molecule has 250 valence electrons. The van der Waals surface area contributed by atoms with Crippen molar-refractivity contribution < 1.29 is 38.2 Å². The van der Waals surface area contributed by atoms with Gasteiger partial charge in [-0.25, -0.2) is 0 Å². The highest BCUT2D eigenvalue weighted by Crippen LogP contribution is 2.31. The number of hydrogen-bond acceptors (Lipinski definition) is 10. The number of nitrogens with one attached hydrogen (secondary N) is 2. The third-order valence-corrected chi connectivity index (χ3v) is 8.91. The zero-order valence-electron chi connectivity index (χ0n) is 26.3. The van der Waals surface area contributed by atoms with Crippen molar-refractivity contribution in [1.82, 2.24) is 25.3 Å². The number of benzene rings is 1. The maximum atomic E-state index is 13.2. The average molecular weight is 641 g/mol. The topological polar surface area (TPSA) is 158 Å². The Morgan fingerprint density at radius 1 is 0.870 bits per heavy atom. The molecule has 4 heterocycles. The van der Waals surface area contributed by atoms with E-state index in [-0.39, 0.29) is 42.4 Å². The second-order valence-corrected chi connectivity index (χ2v) is 12.1. The van der Waals surface area contributed by atoms with Gasteiger partial charge >= 0.3 is 0 Å². The van der Waals surface area contributed by atoms with E-state index >= 15 is 0 Å². The minimum atomic E-state index is -0.981. The zero-order chi connectivity index (χ0) is 32.5. The lowest BCUT2D eigenvalue weighted by Gasteiger charge is -2.36. The van der Waals surface area contributed by atoms with Crippen molar-refractivity contribution >= 4 is 41.1 Å². The number of piperidine rings is 2. The number of hydrogen-bond donors (Lipinski definition) is 2. The molecule has 4 aliphatic rings. The van der Waals surface area contributed by atoms with Gasteiger partial charge in [-0.2, -0.15) is 0 Å². The fraction of sp³-hybridized carbons (Fsp3) is 0.625. The van der Waals surface area contributed by atoms with Crippen molar-refractivity contribution in [2.75, 3.05) is 83.7 Å². The summed E-state index contributed by atoms with van der Waals surface area (Å²) in [6, 6.07) is 4.20. The van der Waals surface area contributed by atoms with Gasteiger partial charge in [-0.15, -0.1) is 0 Å². The van der Waals surface area contributed by atoms with Gasteiger partial charge in [0.25, 0.3) is 11.8 Å². The highest BCUT2D eigenvalue weighted by atomic mass is 16.5. The molecule has 0 aromatic heterocycles. The van der Waals surface area contributed by atoms with E-state index in [2.05, 4.69) is 20.4 Å². The van der Waals surface area contributed by atoms with Crippen LogP contribution in [0.15, 0.2) is 18.2 Å². The molecule has 0 spiro atoms. The molecule has 1 unspecified atom stereocenters. The van der Waals surface area contributed by atoms with Crippen molar-refractivity contribution in [2.24, 2.45) is 0 Å². The first-order valence-corrected chi connectivity index (χ1v) is 16.3. The molecule has 3 saturated heterocycles. The molecule has 0 saturated carbocycles. The molecule has 1 atom stereocenters. The number of imide groups is 2. The van der Waals surface area contributed by atoms with Gasteiger partial charge in [0, 0.05) is 64.3 Å². The van der Waals surface area contributed by atoms with Crippen LogP contribution in [0.2, 0.25) is 0 Å². The SMILES string of the molecule is O=C(CCCN1CCN(c2ccc3c(c2)C(=O)N(C2CCC(=O)NC2=O)C3=O)CC1)NCCOCCOCC(=O)N1CCCCC1. The molecule has 4 aliphatic heterocycles. The Balaban J connectivity index is 0.930. The fourth-order valence-electron chi connectivity index (χ4n) is 6.31. The first-order chi connectivity index (χ1) is 22.3. The zero-order valence-corrected chi connectivity index (χ0v) is 26.3. The number of ether oxygens (including phenoxy) is 2. The largest absolute Gasteiger partial charge is 0.377 e. The Morgan fingerprint density at radius 2 is 1.61 bits per heavy atom. The molecule has 0 bridgehead atoms. The number of piperazine rings is 1. The Kier molecular flexibility index (Phi) is 11.7. The predicted octanol–water partition coefficient (Wildman–Crippen LogP) is 0.152. The highest BCUT2D eigenvalue weighted by molar-refractivity contribution is 6.23. The average Bonchev–Trinajstić information content (AvgIpc) is 3.31. The molecule has 6 amide bonds. The summed E-state index contributed by atoms with van der Waals surface area (Å²) in [4.78, 5) is 81.5. The van der Waals surface area contributed by atoms with E-state index in [1.807, 2.05) is 11.0 Å². The molecule has 14 nitrogen and oxygen atoms in total. The number of carbonyl (C=O) groups excluding carboxylic acids is 6. The molecular weight excluding hydrogens is 596 g/mol. The van der Waals surface area contributed by atoms with Gasteiger partial charge in [-0.1, -0.05) is 0 Å². The van der Waals surface area contributed by atoms with Crippen LogP contribution in [0, 0.1) is 0 Å². The third-order valence-electron chi connectivity index (χ3n) is 8.91. The summed E-state index contributed by atoms with van der Waals surface area (Å²) < 4.78 is 10.9. The van der Waals surface area contributed by atoms with Crippen molar-refractivity contribution in [3.05, 3.63) is 29.3 Å². The smallest absolute Gasteiger partial charge is 0.262 e. The van der Waals surface area contributed by atoms with E-state index < -0.39 is 29.7 Å². The van der Waals surface area contributed by atoms with Crippen LogP contribution in [0.1, 0.15) is 65.7 Å². The van der Waals surface area contributed by atoms with Crippen LogP contribution in [0.5, 0.6) is 0 Å². The third kappa shape index (κ3) is 8.47. The molecular formula is C32H44N6O8. The minimum absolute atomic E-state index is 0.0191. The molecule has 0 aliphatic carbocycles. The van der Waals surface area contributed by atoms with E-state index in [0.717, 1.165) is 75.7 Å². The number of nitrogens with zero attached hydrogens (tertiary/aromatic N) is 4. The molecule has 2 N–H and O–H groups in total. The summed E-state index contributed by atoms with van der Waals surface area (Å²) in [7, 11) is 0. The van der Waals surface area contributed by atoms with E-state index in [0.29, 0.717) is 32.8 Å². The van der Waals surface area contributed by atoms with Crippen molar-refractivity contribution in [1.29, 1.82) is 0 Å². The normalized spacial score (nSPS) is 20.6. The number of rotatable bonds is 14. The van der Waals surface area contributed by atoms with Crippen LogP contribution >= 0.6 is 0 Å². The number of amides is 6. The maximum absolute atomic E-state index is 13.2. The first-order valence-electron chi connectivity index (χ1n) is 16.3. The first kappa shape index (κ1) is 33.5. The van der Waals surface area contributed by atoms with Crippen molar-refractivity contribution in [3.8, 4) is 0 Å². The molecule has 3 fully saturated rings. The molecule has 1 aromatic rings. The van der Waals surface area contributed by atoms with E-state index in [4.69, 9.17) is 9.47 Å². The van der Waals surface area contributed by atoms with Crippen LogP contribution in [-0.4, -0.2) is 135 Å². The summed E-state index contributed by atoms with van der Waals surface area (Å²) in [5.74, 6) is -2.03. The summed E-state index contributed by atoms with van der Waals surface area (Å²) in [6.07, 6.45) is 4.66. The second-order valence-electron chi connectivity index (χ2n) is 12.1. The van der Waals surface area contributed by atoms with Gasteiger partial charge in [-0.3, -0.25) is 43.9 Å². The summed E-state index contributed by atoms with van der Waals surface area (Å²) in [6.45, 7) is 7.09. The number of fused-ring (bicyclic) bond motifs is 1. The Morgan fingerprint density at radius 3 is 2.37 bits per heavy atom. The van der Waals surface area contributed by atoms with E-state index in [1.54, 1.807) is 12.1 Å². The van der Waals surface area contributed by atoms with Gasteiger partial charge in [0.05, 0.1) is 30.9 Å². The molecule has 0 radical (unpaired) electrons. The van der Waals surface area contributed by atoms with Crippen LogP contribution in [0.25, 0.3) is 0 Å². The number of anilines is 1.